The molecule has 1 aliphatic heterocycles. The summed E-state index contributed by atoms with van der Waals surface area (Å²) in [5.74, 6) is 1.25. The molecule has 26 heavy (non-hydrogen) atoms. The number of hydrogen-bond acceptors (Lipinski definition) is 4. The monoisotopic (exact) mass is 486 g/mol. The molecule has 0 spiro atoms. The fraction of sp³-hybridized carbons (Fsp3) is 0.421. The van der Waals surface area contributed by atoms with Crippen LogP contribution in [-0.2, 0) is 13.1 Å². The van der Waals surface area contributed by atoms with Crippen molar-refractivity contribution in [3.63, 3.8) is 0 Å². The zero-order valence-corrected chi connectivity index (χ0v) is 18.2. The Balaban J connectivity index is 0.00000243. The van der Waals surface area contributed by atoms with Crippen molar-refractivity contribution < 1.29 is 5.11 Å². The predicted molar refractivity (Wildman–Crippen MR) is 120 cm³/mol. The minimum atomic E-state index is 0. The van der Waals surface area contributed by atoms with Crippen molar-refractivity contribution in [2.24, 2.45) is 4.99 Å². The Morgan fingerprint density at radius 1 is 1.19 bits per heavy atom. The molecule has 1 aromatic carbocycles. The quantitative estimate of drug-likeness (QED) is 0.387. The lowest BCUT2D eigenvalue weighted by atomic mass is 10.2. The van der Waals surface area contributed by atoms with E-state index in [1.807, 2.05) is 23.5 Å². The van der Waals surface area contributed by atoms with Crippen molar-refractivity contribution in [2.45, 2.75) is 20.0 Å². The smallest absolute Gasteiger partial charge is 0.194 e. The third-order valence-corrected chi connectivity index (χ3v) is 5.15. The number of phenols is 1. The van der Waals surface area contributed by atoms with Crippen molar-refractivity contribution in [3.8, 4) is 5.75 Å². The van der Waals surface area contributed by atoms with Crippen molar-refractivity contribution in [2.75, 3.05) is 32.7 Å². The number of nitrogens with one attached hydrogen (secondary N) is 1. The highest BCUT2D eigenvalue weighted by Crippen LogP contribution is 2.14. The van der Waals surface area contributed by atoms with Gasteiger partial charge >= 0.3 is 0 Å². The summed E-state index contributed by atoms with van der Waals surface area (Å²) in [5.41, 5.74) is 1.02. The van der Waals surface area contributed by atoms with Crippen LogP contribution in [0.1, 0.15) is 17.4 Å². The zero-order chi connectivity index (χ0) is 17.5. The number of nitrogens with zero attached hydrogens (tertiary/aromatic N) is 3. The maximum Gasteiger partial charge on any atom is 0.194 e. The lowest BCUT2D eigenvalue weighted by molar-refractivity contribution is 0.173. The molecule has 0 radical (unpaired) electrons. The van der Waals surface area contributed by atoms with Crippen LogP contribution in [0.2, 0.25) is 0 Å². The SMILES string of the molecule is CCNC(=NCc1cccc(O)c1)N1CCN(Cc2cccs2)CC1.I. The van der Waals surface area contributed by atoms with Crippen LogP contribution in [0.15, 0.2) is 46.8 Å². The van der Waals surface area contributed by atoms with Crippen LogP contribution in [0.25, 0.3) is 0 Å². The number of benzene rings is 1. The third kappa shape index (κ3) is 6.14. The molecule has 0 saturated carbocycles. The molecule has 1 aliphatic rings. The average molecular weight is 486 g/mol. The number of rotatable bonds is 5. The molecular formula is C19H27IN4OS. The third-order valence-electron chi connectivity index (χ3n) is 4.29. The minimum Gasteiger partial charge on any atom is -0.508 e. The van der Waals surface area contributed by atoms with Gasteiger partial charge in [0.05, 0.1) is 6.54 Å². The summed E-state index contributed by atoms with van der Waals surface area (Å²) in [6.07, 6.45) is 0. The molecular weight excluding hydrogens is 459 g/mol. The van der Waals surface area contributed by atoms with E-state index in [-0.39, 0.29) is 24.0 Å². The predicted octanol–water partition coefficient (Wildman–Crippen LogP) is 3.36. The summed E-state index contributed by atoms with van der Waals surface area (Å²) in [6.45, 7) is 8.64. The van der Waals surface area contributed by atoms with Gasteiger partial charge in [-0.1, -0.05) is 18.2 Å². The van der Waals surface area contributed by atoms with Crippen LogP contribution in [0.5, 0.6) is 5.75 Å². The van der Waals surface area contributed by atoms with Gasteiger partial charge in [-0.15, -0.1) is 35.3 Å². The molecule has 142 valence electrons. The Kier molecular flexibility index (Phi) is 8.67. The topological polar surface area (TPSA) is 51.1 Å². The minimum absolute atomic E-state index is 0. The average Bonchev–Trinajstić information content (AvgIpc) is 3.12. The summed E-state index contributed by atoms with van der Waals surface area (Å²) in [7, 11) is 0. The Bertz CT molecular complexity index is 685. The van der Waals surface area contributed by atoms with E-state index in [1.54, 1.807) is 12.1 Å². The van der Waals surface area contributed by atoms with Gasteiger partial charge in [-0.25, -0.2) is 4.99 Å². The molecule has 7 heteroatoms. The van der Waals surface area contributed by atoms with E-state index < -0.39 is 0 Å². The van der Waals surface area contributed by atoms with Crippen molar-refractivity contribution in [1.29, 1.82) is 0 Å². The van der Waals surface area contributed by atoms with Crippen LogP contribution in [0, 0.1) is 0 Å². The highest BCUT2D eigenvalue weighted by Gasteiger charge is 2.19. The number of phenolic OH excluding ortho intramolecular Hbond substituents is 1. The van der Waals surface area contributed by atoms with E-state index in [1.165, 1.54) is 4.88 Å². The van der Waals surface area contributed by atoms with Crippen molar-refractivity contribution in [1.82, 2.24) is 15.1 Å². The van der Waals surface area contributed by atoms with Crippen LogP contribution in [0.4, 0.5) is 0 Å². The van der Waals surface area contributed by atoms with Gasteiger partial charge in [-0.05, 0) is 36.1 Å². The number of guanidine groups is 1. The standard InChI is InChI=1S/C19H26N4OS.HI/c1-2-20-19(21-14-16-5-3-6-17(24)13-16)23-10-8-22(9-11-23)15-18-7-4-12-25-18;/h3-7,12-13,24H,2,8-11,14-15H2,1H3,(H,20,21);1H. The molecule has 2 N–H and O–H groups in total. The normalized spacial score (nSPS) is 15.6. The van der Waals surface area contributed by atoms with E-state index in [0.29, 0.717) is 12.3 Å². The second-order valence-corrected chi connectivity index (χ2v) is 7.21. The lowest BCUT2D eigenvalue weighted by Crippen LogP contribution is -2.52. The van der Waals surface area contributed by atoms with Crippen molar-refractivity contribution >= 4 is 41.3 Å². The number of thiophene rings is 1. The fourth-order valence-corrected chi connectivity index (χ4v) is 3.73. The summed E-state index contributed by atoms with van der Waals surface area (Å²) >= 11 is 1.83. The van der Waals surface area contributed by atoms with Gasteiger partial charge in [-0.2, -0.15) is 0 Å². The Labute approximate surface area is 176 Å². The molecule has 0 aliphatic carbocycles. The fourth-order valence-electron chi connectivity index (χ4n) is 2.99. The number of hydrogen-bond donors (Lipinski definition) is 2. The van der Waals surface area contributed by atoms with Crippen LogP contribution in [-0.4, -0.2) is 53.6 Å². The van der Waals surface area contributed by atoms with Gasteiger partial charge in [0.15, 0.2) is 5.96 Å². The summed E-state index contributed by atoms with van der Waals surface area (Å²) in [6, 6.07) is 11.6. The van der Waals surface area contributed by atoms with E-state index in [2.05, 4.69) is 39.6 Å². The number of piperazine rings is 1. The first-order valence-corrected chi connectivity index (χ1v) is 9.68. The molecule has 0 atom stereocenters. The lowest BCUT2D eigenvalue weighted by Gasteiger charge is -2.36. The van der Waals surface area contributed by atoms with E-state index in [9.17, 15) is 5.11 Å². The zero-order valence-electron chi connectivity index (χ0n) is 15.1. The molecule has 1 aromatic heterocycles. The summed E-state index contributed by atoms with van der Waals surface area (Å²) < 4.78 is 0. The highest BCUT2D eigenvalue weighted by molar-refractivity contribution is 14.0. The van der Waals surface area contributed by atoms with Gasteiger partial charge < -0.3 is 15.3 Å². The van der Waals surface area contributed by atoms with Gasteiger partial charge in [0.25, 0.3) is 0 Å². The highest BCUT2D eigenvalue weighted by atomic mass is 127. The molecule has 3 rings (SSSR count). The first-order valence-electron chi connectivity index (χ1n) is 8.80. The molecule has 1 fully saturated rings. The molecule has 0 bridgehead atoms. The largest absolute Gasteiger partial charge is 0.508 e. The summed E-state index contributed by atoms with van der Waals surface area (Å²) in [5, 5.41) is 15.1. The second kappa shape index (κ2) is 10.7. The first kappa shape index (κ1) is 21.0. The van der Waals surface area contributed by atoms with Crippen LogP contribution >= 0.6 is 35.3 Å². The molecule has 2 aromatic rings. The maximum absolute atomic E-state index is 9.59. The molecule has 2 heterocycles. The van der Waals surface area contributed by atoms with Gasteiger partial charge in [-0.3, -0.25) is 4.90 Å². The molecule has 0 amide bonds. The van der Waals surface area contributed by atoms with E-state index in [0.717, 1.165) is 50.8 Å². The van der Waals surface area contributed by atoms with Crippen LogP contribution in [0.3, 0.4) is 0 Å². The number of halogens is 1. The molecule has 5 nitrogen and oxygen atoms in total. The molecule has 0 unspecified atom stereocenters. The number of aromatic hydroxyl groups is 1. The van der Waals surface area contributed by atoms with Crippen molar-refractivity contribution in [3.05, 3.63) is 52.2 Å². The van der Waals surface area contributed by atoms with Gasteiger partial charge in [0, 0.05) is 44.1 Å². The van der Waals surface area contributed by atoms with E-state index in [4.69, 9.17) is 4.99 Å². The Morgan fingerprint density at radius 3 is 2.65 bits per heavy atom. The van der Waals surface area contributed by atoms with Gasteiger partial charge in [0.1, 0.15) is 5.75 Å². The van der Waals surface area contributed by atoms with Gasteiger partial charge in [0.2, 0.25) is 0 Å². The maximum atomic E-state index is 9.59. The Hall–Kier alpha value is -1.32. The van der Waals surface area contributed by atoms with Crippen LogP contribution < -0.4 is 5.32 Å². The molecule has 1 saturated heterocycles. The first-order chi connectivity index (χ1) is 12.2. The van der Waals surface area contributed by atoms with E-state index >= 15 is 0 Å². The Morgan fingerprint density at radius 2 is 2.00 bits per heavy atom. The second-order valence-electron chi connectivity index (χ2n) is 6.18. The number of aliphatic imine (C=N–C) groups is 1. The summed E-state index contributed by atoms with van der Waals surface area (Å²) in [4.78, 5) is 11.0.